The van der Waals surface area contributed by atoms with Crippen molar-refractivity contribution in [2.75, 3.05) is 25.1 Å². The fraction of sp³-hybridized carbons (Fsp3) is 0.364. The zero-order valence-corrected chi connectivity index (χ0v) is 10.8. The Balaban J connectivity index is 2.36. The Kier molecular flexibility index (Phi) is 5.44. The summed E-state index contributed by atoms with van der Waals surface area (Å²) in [7, 11) is 0. The summed E-state index contributed by atoms with van der Waals surface area (Å²) >= 11 is 3.23. The van der Waals surface area contributed by atoms with Gasteiger partial charge in [0.25, 0.3) is 0 Å². The molecule has 0 atom stereocenters. The molecular weight excluding hydrogens is 313 g/mol. The number of nitrogens with zero attached hydrogens (tertiary/aromatic N) is 1. The molecule has 0 aliphatic rings. The van der Waals surface area contributed by atoms with Gasteiger partial charge in [-0.1, -0.05) is 15.9 Å². The van der Waals surface area contributed by atoms with E-state index in [-0.39, 0.29) is 13.2 Å². The average molecular weight is 323 g/mol. The first kappa shape index (κ1) is 14.8. The fourth-order valence-electron chi connectivity index (χ4n) is 1.21. The van der Waals surface area contributed by atoms with Crippen molar-refractivity contribution in [3.8, 4) is 6.07 Å². The molecule has 3 nitrogen and oxygen atoms in total. The van der Waals surface area contributed by atoms with Crippen molar-refractivity contribution in [3.63, 3.8) is 0 Å². The van der Waals surface area contributed by atoms with Gasteiger partial charge in [-0.25, -0.2) is 0 Å². The van der Waals surface area contributed by atoms with E-state index in [4.69, 9.17) is 5.26 Å². The molecule has 7 heteroatoms. The summed E-state index contributed by atoms with van der Waals surface area (Å²) in [6.45, 7) is -1.08. The molecule has 0 spiro atoms. The lowest BCUT2D eigenvalue weighted by Gasteiger charge is -2.09. The molecule has 0 saturated heterocycles. The molecule has 0 bridgehead atoms. The molecule has 0 radical (unpaired) electrons. The fourth-order valence-corrected chi connectivity index (χ4v) is 1.70. The van der Waals surface area contributed by atoms with E-state index in [0.717, 1.165) is 4.47 Å². The highest BCUT2D eigenvalue weighted by Crippen LogP contribution is 2.19. The van der Waals surface area contributed by atoms with E-state index in [0.29, 0.717) is 11.3 Å². The third-order valence-electron chi connectivity index (χ3n) is 1.87. The minimum Gasteiger partial charge on any atom is -0.383 e. The van der Waals surface area contributed by atoms with Gasteiger partial charge in [-0.2, -0.15) is 18.4 Å². The first-order valence-corrected chi connectivity index (χ1v) is 5.79. The molecule has 1 rings (SSSR count). The third-order valence-corrected chi connectivity index (χ3v) is 2.33. The van der Waals surface area contributed by atoms with Crippen molar-refractivity contribution in [2.45, 2.75) is 6.18 Å². The van der Waals surface area contributed by atoms with E-state index < -0.39 is 12.8 Å². The van der Waals surface area contributed by atoms with Gasteiger partial charge in [0.1, 0.15) is 6.61 Å². The summed E-state index contributed by atoms with van der Waals surface area (Å²) in [5.74, 6) is 0. The van der Waals surface area contributed by atoms with E-state index in [1.807, 2.05) is 6.07 Å². The number of benzene rings is 1. The smallest absolute Gasteiger partial charge is 0.383 e. The van der Waals surface area contributed by atoms with Gasteiger partial charge in [0, 0.05) is 16.7 Å². The molecule has 18 heavy (non-hydrogen) atoms. The van der Waals surface area contributed by atoms with Crippen LogP contribution in [0.25, 0.3) is 0 Å². The van der Waals surface area contributed by atoms with Crippen LogP contribution in [0.2, 0.25) is 0 Å². The second kappa shape index (κ2) is 6.61. The summed E-state index contributed by atoms with van der Waals surface area (Å²) in [4.78, 5) is 0. The monoisotopic (exact) mass is 322 g/mol. The molecule has 98 valence electrons. The second-order valence-corrected chi connectivity index (χ2v) is 4.35. The lowest BCUT2D eigenvalue weighted by Crippen LogP contribution is -2.20. The van der Waals surface area contributed by atoms with Crippen molar-refractivity contribution in [3.05, 3.63) is 28.2 Å². The van der Waals surface area contributed by atoms with Crippen LogP contribution < -0.4 is 5.32 Å². The normalized spacial score (nSPS) is 11.1. The standard InChI is InChI=1S/C11H10BrF3N2O/c12-9-3-8(6-16)4-10(5-9)17-1-2-18-7-11(13,14)15/h3-5,17H,1-2,7H2. The number of ether oxygens (including phenoxy) is 1. The number of hydrogen-bond acceptors (Lipinski definition) is 3. The first-order valence-electron chi connectivity index (χ1n) is 5.00. The Labute approximate surface area is 111 Å². The van der Waals surface area contributed by atoms with Gasteiger partial charge in [-0.3, -0.25) is 0 Å². The summed E-state index contributed by atoms with van der Waals surface area (Å²) in [5, 5.41) is 11.6. The van der Waals surface area contributed by atoms with Crippen LogP contribution in [0.3, 0.4) is 0 Å². The third kappa shape index (κ3) is 5.89. The highest BCUT2D eigenvalue weighted by Gasteiger charge is 2.27. The Morgan fingerprint density at radius 1 is 1.33 bits per heavy atom. The number of halogens is 4. The number of nitriles is 1. The highest BCUT2D eigenvalue weighted by atomic mass is 79.9. The van der Waals surface area contributed by atoms with Crippen LogP contribution in [-0.2, 0) is 4.74 Å². The maximum absolute atomic E-state index is 11.8. The van der Waals surface area contributed by atoms with Crippen molar-refractivity contribution in [1.29, 1.82) is 5.26 Å². The summed E-state index contributed by atoms with van der Waals surface area (Å²) < 4.78 is 40.5. The Morgan fingerprint density at radius 2 is 2.06 bits per heavy atom. The number of hydrogen-bond donors (Lipinski definition) is 1. The van der Waals surface area contributed by atoms with Crippen LogP contribution in [0.1, 0.15) is 5.56 Å². The van der Waals surface area contributed by atoms with Crippen LogP contribution in [0.5, 0.6) is 0 Å². The van der Waals surface area contributed by atoms with Crippen LogP contribution >= 0.6 is 15.9 Å². The molecule has 1 N–H and O–H groups in total. The van der Waals surface area contributed by atoms with E-state index in [9.17, 15) is 13.2 Å². The van der Waals surface area contributed by atoms with Crippen LogP contribution in [0, 0.1) is 11.3 Å². The molecule has 1 aromatic carbocycles. The topological polar surface area (TPSA) is 45.0 Å². The molecule has 0 unspecified atom stereocenters. The van der Waals surface area contributed by atoms with Crippen LogP contribution in [0.15, 0.2) is 22.7 Å². The number of rotatable bonds is 5. The predicted molar refractivity (Wildman–Crippen MR) is 64.2 cm³/mol. The zero-order chi connectivity index (χ0) is 13.6. The van der Waals surface area contributed by atoms with Crippen LogP contribution in [0.4, 0.5) is 18.9 Å². The van der Waals surface area contributed by atoms with Crippen molar-refractivity contribution in [1.82, 2.24) is 0 Å². The molecule has 0 aromatic heterocycles. The Bertz CT molecular complexity index is 443. The quantitative estimate of drug-likeness (QED) is 0.846. The van der Waals surface area contributed by atoms with Gasteiger partial charge in [0.2, 0.25) is 0 Å². The number of nitrogens with one attached hydrogen (secondary N) is 1. The number of anilines is 1. The van der Waals surface area contributed by atoms with Gasteiger partial charge in [-0.05, 0) is 18.2 Å². The zero-order valence-electron chi connectivity index (χ0n) is 9.22. The first-order chi connectivity index (χ1) is 8.40. The highest BCUT2D eigenvalue weighted by molar-refractivity contribution is 9.10. The van der Waals surface area contributed by atoms with Crippen molar-refractivity contribution in [2.24, 2.45) is 0 Å². The molecule has 0 heterocycles. The predicted octanol–water partition coefficient (Wildman–Crippen LogP) is 3.31. The van der Waals surface area contributed by atoms with Gasteiger partial charge in [-0.15, -0.1) is 0 Å². The van der Waals surface area contributed by atoms with E-state index in [1.54, 1.807) is 18.2 Å². The van der Waals surface area contributed by atoms with E-state index in [1.165, 1.54) is 0 Å². The SMILES string of the molecule is N#Cc1cc(Br)cc(NCCOCC(F)(F)F)c1. The Morgan fingerprint density at radius 3 is 2.67 bits per heavy atom. The Hall–Kier alpha value is -1.26. The number of alkyl halides is 3. The summed E-state index contributed by atoms with van der Waals surface area (Å²) in [5.41, 5.74) is 1.11. The molecular formula is C11H10BrF3N2O. The van der Waals surface area contributed by atoms with Crippen molar-refractivity contribution < 1.29 is 17.9 Å². The maximum atomic E-state index is 11.8. The van der Waals surface area contributed by atoms with Gasteiger partial charge < -0.3 is 10.1 Å². The minimum absolute atomic E-state index is 0.0616. The van der Waals surface area contributed by atoms with Gasteiger partial charge in [0.05, 0.1) is 18.2 Å². The van der Waals surface area contributed by atoms with Gasteiger partial charge >= 0.3 is 6.18 Å². The van der Waals surface area contributed by atoms with Crippen LogP contribution in [-0.4, -0.2) is 25.9 Å². The average Bonchev–Trinajstić information content (AvgIpc) is 2.26. The largest absolute Gasteiger partial charge is 0.411 e. The lowest BCUT2D eigenvalue weighted by molar-refractivity contribution is -0.172. The molecule has 0 fully saturated rings. The van der Waals surface area contributed by atoms with Gasteiger partial charge in [0.15, 0.2) is 0 Å². The van der Waals surface area contributed by atoms with E-state index >= 15 is 0 Å². The lowest BCUT2D eigenvalue weighted by atomic mass is 10.2. The maximum Gasteiger partial charge on any atom is 0.411 e. The summed E-state index contributed by atoms with van der Waals surface area (Å²) in [6.07, 6.45) is -4.30. The second-order valence-electron chi connectivity index (χ2n) is 3.43. The summed E-state index contributed by atoms with van der Waals surface area (Å²) in [6, 6.07) is 6.96. The molecule has 0 amide bonds. The molecule has 0 aliphatic carbocycles. The molecule has 0 saturated carbocycles. The van der Waals surface area contributed by atoms with E-state index in [2.05, 4.69) is 26.0 Å². The molecule has 0 aliphatic heterocycles. The molecule has 1 aromatic rings. The van der Waals surface area contributed by atoms with Crippen molar-refractivity contribution >= 4 is 21.6 Å². The minimum atomic E-state index is -4.30.